The summed E-state index contributed by atoms with van der Waals surface area (Å²) in [6.07, 6.45) is 2.66. The number of hydrogen-bond acceptors (Lipinski definition) is 3. The second kappa shape index (κ2) is 4.67. The lowest BCUT2D eigenvalue weighted by Gasteiger charge is -2.10. The number of nitrogens with zero attached hydrogens (tertiary/aromatic N) is 2. The van der Waals surface area contributed by atoms with Gasteiger partial charge in [-0.1, -0.05) is 13.8 Å². The van der Waals surface area contributed by atoms with Crippen molar-refractivity contribution >= 4 is 15.9 Å². The summed E-state index contributed by atoms with van der Waals surface area (Å²) in [4.78, 5) is 8.60. The van der Waals surface area contributed by atoms with Gasteiger partial charge in [-0.05, 0) is 15.9 Å². The molecule has 0 aliphatic rings. The highest BCUT2D eigenvalue weighted by molar-refractivity contribution is 9.10. The third-order valence-corrected chi connectivity index (χ3v) is 2.57. The molecule has 0 saturated carbocycles. The van der Waals surface area contributed by atoms with E-state index in [9.17, 15) is 0 Å². The molecule has 0 radical (unpaired) electrons. The fourth-order valence-corrected chi connectivity index (χ4v) is 1.63. The average Bonchev–Trinajstić information content (AvgIpc) is 2.17. The van der Waals surface area contributed by atoms with Crippen LogP contribution in [0.4, 0.5) is 0 Å². The molecule has 1 aromatic heterocycles. The maximum Gasteiger partial charge on any atom is 0.128 e. The first-order chi connectivity index (χ1) is 6.19. The molecule has 0 aliphatic carbocycles. The molecule has 0 amide bonds. The van der Waals surface area contributed by atoms with Crippen LogP contribution in [0.25, 0.3) is 0 Å². The molecule has 72 valence electrons. The molecule has 1 heterocycles. The van der Waals surface area contributed by atoms with Gasteiger partial charge in [-0.25, -0.2) is 9.97 Å². The van der Waals surface area contributed by atoms with Gasteiger partial charge in [0.1, 0.15) is 5.82 Å². The molecular formula is C9H14BrN3. The number of rotatable bonds is 3. The van der Waals surface area contributed by atoms with Gasteiger partial charge in [0.05, 0.1) is 10.2 Å². The zero-order chi connectivity index (χ0) is 9.84. The van der Waals surface area contributed by atoms with E-state index >= 15 is 0 Å². The Bertz CT molecular complexity index is 288. The Morgan fingerprint density at radius 3 is 2.85 bits per heavy atom. The van der Waals surface area contributed by atoms with Gasteiger partial charge in [0.15, 0.2) is 0 Å². The van der Waals surface area contributed by atoms with Crippen LogP contribution in [0.2, 0.25) is 0 Å². The van der Waals surface area contributed by atoms with Crippen LogP contribution in [0, 0.1) is 0 Å². The maximum absolute atomic E-state index is 5.58. The summed E-state index contributed by atoms with van der Waals surface area (Å²) in [6, 6.07) is 0. The summed E-state index contributed by atoms with van der Waals surface area (Å²) < 4.78 is 0.947. The van der Waals surface area contributed by atoms with E-state index in [1.165, 1.54) is 0 Å². The second-order valence-corrected chi connectivity index (χ2v) is 3.86. The fourth-order valence-electron chi connectivity index (χ4n) is 1.05. The van der Waals surface area contributed by atoms with Gasteiger partial charge in [0.2, 0.25) is 0 Å². The number of halogens is 1. The van der Waals surface area contributed by atoms with Crippen LogP contribution in [0.1, 0.15) is 31.3 Å². The summed E-state index contributed by atoms with van der Waals surface area (Å²) in [5, 5.41) is 0. The van der Waals surface area contributed by atoms with Crippen LogP contribution in [-0.2, 0) is 6.42 Å². The lowest BCUT2D eigenvalue weighted by Crippen LogP contribution is -2.12. The molecule has 1 unspecified atom stereocenters. The Morgan fingerprint density at radius 2 is 2.31 bits per heavy atom. The second-order valence-electron chi connectivity index (χ2n) is 3.01. The third kappa shape index (κ3) is 2.48. The summed E-state index contributed by atoms with van der Waals surface area (Å²) in [5.41, 5.74) is 6.59. The summed E-state index contributed by atoms with van der Waals surface area (Å²) >= 11 is 3.42. The van der Waals surface area contributed by atoms with Crippen LogP contribution in [-0.4, -0.2) is 16.5 Å². The highest BCUT2D eigenvalue weighted by Crippen LogP contribution is 2.21. The van der Waals surface area contributed by atoms with Crippen molar-refractivity contribution in [2.75, 3.05) is 6.54 Å². The Labute approximate surface area is 86.9 Å². The van der Waals surface area contributed by atoms with E-state index in [1.807, 2.05) is 6.92 Å². The minimum atomic E-state index is 0.280. The van der Waals surface area contributed by atoms with Gasteiger partial charge in [-0.3, -0.25) is 0 Å². The first kappa shape index (κ1) is 10.6. The molecule has 4 heteroatoms. The maximum atomic E-state index is 5.58. The van der Waals surface area contributed by atoms with Crippen molar-refractivity contribution in [3.63, 3.8) is 0 Å². The zero-order valence-electron chi connectivity index (χ0n) is 7.92. The smallest absolute Gasteiger partial charge is 0.128 e. The first-order valence-corrected chi connectivity index (χ1v) is 5.19. The van der Waals surface area contributed by atoms with E-state index < -0.39 is 0 Å². The van der Waals surface area contributed by atoms with E-state index in [-0.39, 0.29) is 5.92 Å². The number of aryl methyl sites for hydroxylation is 1. The van der Waals surface area contributed by atoms with E-state index in [2.05, 4.69) is 32.8 Å². The largest absolute Gasteiger partial charge is 0.330 e. The lowest BCUT2D eigenvalue weighted by atomic mass is 10.1. The van der Waals surface area contributed by atoms with Crippen LogP contribution < -0.4 is 5.73 Å². The Kier molecular flexibility index (Phi) is 3.81. The molecule has 1 atom stereocenters. The van der Waals surface area contributed by atoms with E-state index in [0.29, 0.717) is 6.54 Å². The summed E-state index contributed by atoms with van der Waals surface area (Å²) in [6.45, 7) is 4.71. The molecule has 0 spiro atoms. The fraction of sp³-hybridized carbons (Fsp3) is 0.556. The predicted octanol–water partition coefficient (Wildman–Crippen LogP) is 1.86. The monoisotopic (exact) mass is 243 g/mol. The van der Waals surface area contributed by atoms with Gasteiger partial charge in [0.25, 0.3) is 0 Å². The van der Waals surface area contributed by atoms with Crippen LogP contribution in [0.15, 0.2) is 10.7 Å². The molecule has 2 N–H and O–H groups in total. The number of nitrogens with two attached hydrogens (primary N) is 1. The van der Waals surface area contributed by atoms with Crippen molar-refractivity contribution in [2.45, 2.75) is 26.2 Å². The van der Waals surface area contributed by atoms with Gasteiger partial charge < -0.3 is 5.73 Å². The lowest BCUT2D eigenvalue weighted by molar-refractivity contribution is 0.721. The highest BCUT2D eigenvalue weighted by atomic mass is 79.9. The van der Waals surface area contributed by atoms with Gasteiger partial charge in [0, 0.05) is 25.1 Å². The molecule has 13 heavy (non-hydrogen) atoms. The third-order valence-electron chi connectivity index (χ3n) is 1.96. The number of hydrogen-bond donors (Lipinski definition) is 1. The molecule has 1 aromatic rings. The van der Waals surface area contributed by atoms with Crippen LogP contribution in [0.5, 0.6) is 0 Å². The SMILES string of the molecule is CCc1ncc(Br)c(C(C)CN)n1. The molecule has 0 fully saturated rings. The van der Waals surface area contributed by atoms with Crippen molar-refractivity contribution in [3.05, 3.63) is 22.2 Å². The van der Waals surface area contributed by atoms with Crippen LogP contribution in [0.3, 0.4) is 0 Å². The van der Waals surface area contributed by atoms with Gasteiger partial charge >= 0.3 is 0 Å². The first-order valence-electron chi connectivity index (χ1n) is 4.40. The molecule has 0 saturated heterocycles. The van der Waals surface area contributed by atoms with Crippen molar-refractivity contribution in [1.29, 1.82) is 0 Å². The van der Waals surface area contributed by atoms with Crippen molar-refractivity contribution in [2.24, 2.45) is 5.73 Å². The van der Waals surface area contributed by atoms with E-state index in [1.54, 1.807) is 6.20 Å². The zero-order valence-corrected chi connectivity index (χ0v) is 9.50. The predicted molar refractivity (Wildman–Crippen MR) is 56.6 cm³/mol. The Morgan fingerprint density at radius 1 is 1.62 bits per heavy atom. The minimum absolute atomic E-state index is 0.280. The minimum Gasteiger partial charge on any atom is -0.330 e. The molecule has 0 aliphatic heterocycles. The van der Waals surface area contributed by atoms with Crippen molar-refractivity contribution in [3.8, 4) is 0 Å². The normalized spacial score (nSPS) is 12.9. The molecule has 1 rings (SSSR count). The van der Waals surface area contributed by atoms with E-state index in [0.717, 1.165) is 22.4 Å². The van der Waals surface area contributed by atoms with Gasteiger partial charge in [-0.15, -0.1) is 0 Å². The molecule has 0 aromatic carbocycles. The Balaban J connectivity index is 3.03. The molecular weight excluding hydrogens is 230 g/mol. The van der Waals surface area contributed by atoms with E-state index in [4.69, 9.17) is 5.73 Å². The highest BCUT2D eigenvalue weighted by Gasteiger charge is 2.10. The van der Waals surface area contributed by atoms with Crippen molar-refractivity contribution in [1.82, 2.24) is 9.97 Å². The molecule has 3 nitrogen and oxygen atoms in total. The number of aromatic nitrogens is 2. The molecule has 0 bridgehead atoms. The summed E-state index contributed by atoms with van der Waals surface area (Å²) in [5.74, 6) is 1.15. The average molecular weight is 244 g/mol. The summed E-state index contributed by atoms with van der Waals surface area (Å²) in [7, 11) is 0. The standard InChI is InChI=1S/C9H14BrN3/c1-3-8-12-5-7(10)9(13-8)6(2)4-11/h5-6H,3-4,11H2,1-2H3. The quantitative estimate of drug-likeness (QED) is 0.882. The van der Waals surface area contributed by atoms with Gasteiger partial charge in [-0.2, -0.15) is 0 Å². The van der Waals surface area contributed by atoms with Crippen LogP contribution >= 0.6 is 15.9 Å². The topological polar surface area (TPSA) is 51.8 Å². The Hall–Kier alpha value is -0.480. The van der Waals surface area contributed by atoms with Crippen molar-refractivity contribution < 1.29 is 0 Å².